The van der Waals surface area contributed by atoms with Crippen LogP contribution in [0.5, 0.6) is 11.5 Å². The van der Waals surface area contributed by atoms with Crippen LogP contribution in [0.3, 0.4) is 0 Å². The van der Waals surface area contributed by atoms with Crippen LogP contribution in [0.2, 0.25) is 0 Å². The molecule has 158 valence electrons. The summed E-state index contributed by atoms with van der Waals surface area (Å²) in [6.45, 7) is 3.81. The first kappa shape index (κ1) is 20.9. The first-order valence-electron chi connectivity index (χ1n) is 9.98. The fourth-order valence-electron chi connectivity index (χ4n) is 3.54. The Morgan fingerprint density at radius 2 is 1.80 bits per heavy atom. The van der Waals surface area contributed by atoms with Crippen LogP contribution in [0.15, 0.2) is 59.6 Å². The number of amidine groups is 1. The molecule has 2 aromatic carbocycles. The SMILES string of the molecule is CC[C@H](C)C(=O)N=C1S[C@@H]2CS(=O)(=O)C[C@H]2N1c1ccc(Oc2ccccc2)cc1. The molecular formula is C22H24N2O4S2. The van der Waals surface area contributed by atoms with Gasteiger partial charge < -0.3 is 9.64 Å². The molecule has 4 rings (SSSR count). The highest BCUT2D eigenvalue weighted by Crippen LogP contribution is 2.41. The number of benzene rings is 2. The van der Waals surface area contributed by atoms with Crippen LogP contribution in [-0.4, -0.2) is 42.3 Å². The third kappa shape index (κ3) is 4.39. The molecule has 0 aliphatic carbocycles. The van der Waals surface area contributed by atoms with Crippen LogP contribution in [-0.2, 0) is 14.6 Å². The van der Waals surface area contributed by atoms with E-state index in [-0.39, 0.29) is 34.6 Å². The van der Waals surface area contributed by atoms with Gasteiger partial charge in [0.1, 0.15) is 11.5 Å². The molecule has 1 amide bonds. The van der Waals surface area contributed by atoms with Crippen molar-refractivity contribution in [2.24, 2.45) is 10.9 Å². The Balaban J connectivity index is 1.62. The quantitative estimate of drug-likeness (QED) is 0.690. The molecule has 2 aliphatic heterocycles. The third-order valence-corrected chi connectivity index (χ3v) is 8.61. The van der Waals surface area contributed by atoms with Crippen molar-refractivity contribution in [2.45, 2.75) is 31.6 Å². The molecule has 2 heterocycles. The minimum atomic E-state index is -3.10. The van der Waals surface area contributed by atoms with Crippen LogP contribution in [0.1, 0.15) is 20.3 Å². The number of carbonyl (C=O) groups is 1. The molecule has 0 aromatic heterocycles. The van der Waals surface area contributed by atoms with E-state index in [2.05, 4.69) is 4.99 Å². The summed E-state index contributed by atoms with van der Waals surface area (Å²) in [7, 11) is -3.10. The summed E-state index contributed by atoms with van der Waals surface area (Å²) in [5, 5.41) is 0.473. The van der Waals surface area contributed by atoms with Crippen LogP contribution in [0, 0.1) is 5.92 Å². The zero-order valence-corrected chi connectivity index (χ0v) is 18.5. The number of rotatable bonds is 5. The van der Waals surface area contributed by atoms with Crippen LogP contribution < -0.4 is 9.64 Å². The van der Waals surface area contributed by atoms with E-state index in [4.69, 9.17) is 4.74 Å². The molecule has 2 aliphatic rings. The number of aliphatic imine (C=N–C) groups is 1. The number of thioether (sulfide) groups is 1. The Morgan fingerprint density at radius 3 is 2.47 bits per heavy atom. The molecule has 2 fully saturated rings. The second kappa shape index (κ2) is 8.43. The first-order valence-corrected chi connectivity index (χ1v) is 12.7. The van der Waals surface area contributed by atoms with Gasteiger partial charge in [0.2, 0.25) is 0 Å². The summed E-state index contributed by atoms with van der Waals surface area (Å²) in [6, 6.07) is 16.7. The Labute approximate surface area is 181 Å². The number of ether oxygens (including phenoxy) is 1. The van der Waals surface area contributed by atoms with E-state index in [0.717, 1.165) is 11.4 Å². The lowest BCUT2D eigenvalue weighted by molar-refractivity contribution is -0.121. The van der Waals surface area contributed by atoms with Gasteiger partial charge in [-0.2, -0.15) is 4.99 Å². The van der Waals surface area contributed by atoms with E-state index in [1.54, 1.807) is 0 Å². The van der Waals surface area contributed by atoms with Crippen molar-refractivity contribution in [3.05, 3.63) is 54.6 Å². The summed E-state index contributed by atoms with van der Waals surface area (Å²) in [6.07, 6.45) is 0.715. The van der Waals surface area contributed by atoms with Gasteiger partial charge in [-0.05, 0) is 42.8 Å². The van der Waals surface area contributed by atoms with Crippen molar-refractivity contribution in [3.8, 4) is 11.5 Å². The van der Waals surface area contributed by atoms with Crippen LogP contribution in [0.4, 0.5) is 5.69 Å². The maximum Gasteiger partial charge on any atom is 0.250 e. The second-order valence-electron chi connectivity index (χ2n) is 7.62. The first-order chi connectivity index (χ1) is 14.4. The number of amides is 1. The van der Waals surface area contributed by atoms with Gasteiger partial charge in [0, 0.05) is 16.9 Å². The average molecular weight is 445 g/mol. The van der Waals surface area contributed by atoms with E-state index in [9.17, 15) is 13.2 Å². The molecule has 0 radical (unpaired) electrons. The lowest BCUT2D eigenvalue weighted by Crippen LogP contribution is -2.37. The lowest BCUT2D eigenvalue weighted by Gasteiger charge is -2.25. The molecule has 0 unspecified atom stereocenters. The highest BCUT2D eigenvalue weighted by Gasteiger charge is 2.49. The summed E-state index contributed by atoms with van der Waals surface area (Å²) in [5.74, 6) is 1.28. The van der Waals surface area contributed by atoms with E-state index in [0.29, 0.717) is 17.3 Å². The standard InChI is InChI=1S/C22H24N2O4S2/c1-3-15(2)21(25)23-22-24(19-13-30(26,27)14-20(19)29-22)16-9-11-18(12-10-16)28-17-7-5-4-6-8-17/h4-12,15,19-20H,3,13-14H2,1-2H3/t15-,19+,20+/m0/s1. The zero-order chi connectivity index (χ0) is 21.3. The van der Waals surface area contributed by atoms with Crippen molar-refractivity contribution in [1.29, 1.82) is 0 Å². The minimum absolute atomic E-state index is 0.0729. The molecule has 0 saturated carbocycles. The van der Waals surface area contributed by atoms with E-state index < -0.39 is 9.84 Å². The number of nitrogens with zero attached hydrogens (tertiary/aromatic N) is 2. The monoisotopic (exact) mass is 444 g/mol. The Kier molecular flexibility index (Phi) is 5.88. The van der Waals surface area contributed by atoms with E-state index in [1.807, 2.05) is 73.3 Å². The fraction of sp³-hybridized carbons (Fsp3) is 0.364. The lowest BCUT2D eigenvalue weighted by atomic mass is 10.1. The van der Waals surface area contributed by atoms with E-state index >= 15 is 0 Å². The van der Waals surface area contributed by atoms with Crippen molar-refractivity contribution in [1.82, 2.24) is 0 Å². The third-order valence-electron chi connectivity index (χ3n) is 5.40. The molecule has 0 bridgehead atoms. The van der Waals surface area contributed by atoms with Crippen molar-refractivity contribution < 1.29 is 17.9 Å². The molecule has 30 heavy (non-hydrogen) atoms. The highest BCUT2D eigenvalue weighted by atomic mass is 32.2. The number of carbonyl (C=O) groups excluding carboxylic acids is 1. The van der Waals surface area contributed by atoms with Gasteiger partial charge in [-0.1, -0.05) is 43.8 Å². The Bertz CT molecular complexity index is 1050. The van der Waals surface area contributed by atoms with Crippen molar-refractivity contribution in [3.63, 3.8) is 0 Å². The number of para-hydroxylation sites is 1. The average Bonchev–Trinajstić information content (AvgIpc) is 3.19. The van der Waals surface area contributed by atoms with Gasteiger partial charge in [0.05, 0.1) is 17.5 Å². The minimum Gasteiger partial charge on any atom is -0.457 e. The Hall–Kier alpha value is -2.32. The molecule has 2 saturated heterocycles. The predicted molar refractivity (Wildman–Crippen MR) is 121 cm³/mol. The second-order valence-corrected chi connectivity index (χ2v) is 11.0. The normalized spacial score (nSPS) is 24.6. The molecule has 0 spiro atoms. The number of fused-ring (bicyclic) bond motifs is 1. The molecule has 2 aromatic rings. The maximum atomic E-state index is 12.4. The Morgan fingerprint density at radius 1 is 1.13 bits per heavy atom. The summed E-state index contributed by atoms with van der Waals surface area (Å²) >= 11 is 1.39. The number of anilines is 1. The fourth-order valence-corrected chi connectivity index (χ4v) is 7.46. The molecular weight excluding hydrogens is 420 g/mol. The number of hydrogen-bond donors (Lipinski definition) is 0. The van der Waals surface area contributed by atoms with Crippen LogP contribution in [0.25, 0.3) is 0 Å². The van der Waals surface area contributed by atoms with Gasteiger partial charge in [0.15, 0.2) is 15.0 Å². The largest absolute Gasteiger partial charge is 0.457 e. The molecule has 3 atom stereocenters. The maximum absolute atomic E-state index is 12.4. The van der Waals surface area contributed by atoms with Crippen LogP contribution >= 0.6 is 11.8 Å². The van der Waals surface area contributed by atoms with Crippen molar-refractivity contribution >= 4 is 38.4 Å². The predicted octanol–water partition coefficient (Wildman–Crippen LogP) is 4.13. The molecule has 8 heteroatoms. The number of sulfone groups is 1. The van der Waals surface area contributed by atoms with Gasteiger partial charge in [-0.15, -0.1) is 0 Å². The number of hydrogen-bond acceptors (Lipinski definition) is 5. The van der Waals surface area contributed by atoms with Gasteiger partial charge in [-0.3, -0.25) is 4.79 Å². The summed E-state index contributed by atoms with van der Waals surface area (Å²) in [4.78, 5) is 18.7. The van der Waals surface area contributed by atoms with Gasteiger partial charge in [0.25, 0.3) is 5.91 Å². The van der Waals surface area contributed by atoms with E-state index in [1.165, 1.54) is 11.8 Å². The smallest absolute Gasteiger partial charge is 0.250 e. The van der Waals surface area contributed by atoms with Crippen molar-refractivity contribution in [2.75, 3.05) is 16.4 Å². The molecule has 6 nitrogen and oxygen atoms in total. The van der Waals surface area contributed by atoms with Gasteiger partial charge >= 0.3 is 0 Å². The summed E-state index contributed by atoms with van der Waals surface area (Å²) in [5.41, 5.74) is 0.809. The topological polar surface area (TPSA) is 76.0 Å². The summed E-state index contributed by atoms with van der Waals surface area (Å²) < 4.78 is 30.2. The highest BCUT2D eigenvalue weighted by molar-refractivity contribution is 8.16. The van der Waals surface area contributed by atoms with Gasteiger partial charge in [-0.25, -0.2) is 8.42 Å². The zero-order valence-electron chi connectivity index (χ0n) is 16.9. The molecule has 0 N–H and O–H groups in total.